The van der Waals surface area contributed by atoms with Gasteiger partial charge in [0.15, 0.2) is 0 Å². The molecule has 18 heavy (non-hydrogen) atoms. The zero-order valence-electron chi connectivity index (χ0n) is 11.5. The molecule has 0 fully saturated rings. The Morgan fingerprint density at radius 1 is 1.33 bits per heavy atom. The van der Waals surface area contributed by atoms with Crippen LogP contribution >= 0.6 is 0 Å². The van der Waals surface area contributed by atoms with Gasteiger partial charge in [0.1, 0.15) is 6.04 Å². The lowest BCUT2D eigenvalue weighted by atomic mass is 9.99. The summed E-state index contributed by atoms with van der Waals surface area (Å²) in [5.41, 5.74) is 1.95. The van der Waals surface area contributed by atoms with Gasteiger partial charge in [-0.25, -0.2) is 0 Å². The average molecular weight is 249 g/mol. The van der Waals surface area contributed by atoms with Crippen LogP contribution in [0.15, 0.2) is 24.3 Å². The molecule has 1 N–H and O–H groups in total. The second-order valence-electron chi connectivity index (χ2n) is 4.58. The van der Waals surface area contributed by atoms with Crippen LogP contribution in [0.4, 0.5) is 0 Å². The summed E-state index contributed by atoms with van der Waals surface area (Å²) in [5, 5.41) is 9.51. The fraction of sp³-hybridized carbons (Fsp3) is 0.533. The maximum atomic E-state index is 11.6. The summed E-state index contributed by atoms with van der Waals surface area (Å²) in [6.07, 6.45) is 2.11. The predicted molar refractivity (Wildman–Crippen MR) is 73.7 cm³/mol. The molecule has 0 amide bonds. The van der Waals surface area contributed by atoms with Crippen LogP contribution in [0.5, 0.6) is 0 Å². The molecule has 3 heteroatoms. The third kappa shape index (κ3) is 3.57. The molecule has 0 radical (unpaired) electrons. The molecule has 0 bridgehead atoms. The van der Waals surface area contributed by atoms with Crippen molar-refractivity contribution in [3.05, 3.63) is 35.4 Å². The Bertz CT molecular complexity index is 390. The van der Waals surface area contributed by atoms with Gasteiger partial charge >= 0.3 is 5.97 Å². The Labute approximate surface area is 109 Å². The largest absolute Gasteiger partial charge is 0.480 e. The van der Waals surface area contributed by atoms with Crippen LogP contribution in [0.3, 0.4) is 0 Å². The zero-order valence-corrected chi connectivity index (χ0v) is 11.5. The lowest BCUT2D eigenvalue weighted by molar-refractivity contribution is -0.143. The summed E-state index contributed by atoms with van der Waals surface area (Å²) in [7, 11) is 0. The molecule has 0 heterocycles. The highest BCUT2D eigenvalue weighted by atomic mass is 16.4. The zero-order chi connectivity index (χ0) is 13.5. The van der Waals surface area contributed by atoms with E-state index in [1.54, 1.807) is 0 Å². The van der Waals surface area contributed by atoms with E-state index in [0.29, 0.717) is 0 Å². The van der Waals surface area contributed by atoms with Crippen molar-refractivity contribution >= 4 is 5.97 Å². The van der Waals surface area contributed by atoms with Gasteiger partial charge in [0, 0.05) is 0 Å². The molecule has 0 aromatic heterocycles. The first-order valence-electron chi connectivity index (χ1n) is 6.64. The van der Waals surface area contributed by atoms with Gasteiger partial charge in [-0.1, -0.05) is 44.5 Å². The Morgan fingerprint density at radius 3 is 2.50 bits per heavy atom. The molecule has 1 aromatic carbocycles. The predicted octanol–water partition coefficient (Wildman–Crippen LogP) is 3.24. The molecule has 0 saturated carbocycles. The van der Waals surface area contributed by atoms with Crippen LogP contribution in [0.1, 0.15) is 43.9 Å². The van der Waals surface area contributed by atoms with Gasteiger partial charge in [-0.2, -0.15) is 0 Å². The van der Waals surface area contributed by atoms with Gasteiger partial charge in [0.05, 0.1) is 0 Å². The number of carboxylic acid groups (broad SMARTS) is 1. The number of likely N-dealkylation sites (N-methyl/N-ethyl adjacent to an activating group) is 1. The minimum atomic E-state index is -0.762. The molecule has 0 aliphatic carbocycles. The monoisotopic (exact) mass is 249 g/mol. The molecule has 0 saturated heterocycles. The highest BCUT2D eigenvalue weighted by Crippen LogP contribution is 2.24. The highest BCUT2D eigenvalue weighted by Gasteiger charge is 2.26. The molecular weight excluding hydrogens is 226 g/mol. The highest BCUT2D eigenvalue weighted by molar-refractivity contribution is 5.76. The lowest BCUT2D eigenvalue weighted by Crippen LogP contribution is -2.35. The first-order chi connectivity index (χ1) is 8.61. The van der Waals surface area contributed by atoms with E-state index in [-0.39, 0.29) is 0 Å². The van der Waals surface area contributed by atoms with Gasteiger partial charge in [-0.15, -0.1) is 0 Å². The van der Waals surface area contributed by atoms with E-state index in [2.05, 4.69) is 6.92 Å². The maximum Gasteiger partial charge on any atom is 0.325 e. The van der Waals surface area contributed by atoms with E-state index in [0.717, 1.165) is 37.1 Å². The first kappa shape index (κ1) is 14.7. The van der Waals surface area contributed by atoms with Gasteiger partial charge in [0.2, 0.25) is 0 Å². The van der Waals surface area contributed by atoms with Crippen LogP contribution < -0.4 is 0 Å². The van der Waals surface area contributed by atoms with Crippen molar-refractivity contribution in [2.24, 2.45) is 0 Å². The maximum absolute atomic E-state index is 11.6. The number of aryl methyl sites for hydroxylation is 1. The summed E-state index contributed by atoms with van der Waals surface area (Å²) in [6, 6.07) is 7.22. The standard InChI is InChI=1S/C15H23NO2/c1-4-6-11-16(5-2)14(15(17)18)13-10-8-7-9-12(13)3/h7-10,14H,4-6,11H2,1-3H3,(H,17,18). The van der Waals surface area contributed by atoms with E-state index in [1.165, 1.54) is 0 Å². The van der Waals surface area contributed by atoms with E-state index >= 15 is 0 Å². The van der Waals surface area contributed by atoms with Crippen molar-refractivity contribution in [1.82, 2.24) is 4.90 Å². The number of aliphatic carboxylic acids is 1. The Hall–Kier alpha value is -1.35. The second-order valence-corrected chi connectivity index (χ2v) is 4.58. The van der Waals surface area contributed by atoms with Gasteiger partial charge in [0.25, 0.3) is 0 Å². The fourth-order valence-electron chi connectivity index (χ4n) is 2.21. The molecular formula is C15H23NO2. The van der Waals surface area contributed by atoms with Gasteiger partial charge in [-0.3, -0.25) is 9.69 Å². The quantitative estimate of drug-likeness (QED) is 0.806. The molecule has 1 unspecified atom stereocenters. The van der Waals surface area contributed by atoms with Crippen LogP contribution in [0.25, 0.3) is 0 Å². The van der Waals surface area contributed by atoms with Crippen molar-refractivity contribution < 1.29 is 9.90 Å². The van der Waals surface area contributed by atoms with Crippen molar-refractivity contribution in [2.45, 2.75) is 39.7 Å². The molecule has 100 valence electrons. The van der Waals surface area contributed by atoms with Crippen molar-refractivity contribution in [2.75, 3.05) is 13.1 Å². The van der Waals surface area contributed by atoms with E-state index in [9.17, 15) is 9.90 Å². The van der Waals surface area contributed by atoms with Crippen molar-refractivity contribution in [3.8, 4) is 0 Å². The minimum Gasteiger partial charge on any atom is -0.480 e. The van der Waals surface area contributed by atoms with Crippen molar-refractivity contribution in [1.29, 1.82) is 0 Å². The number of benzene rings is 1. The third-order valence-corrected chi connectivity index (χ3v) is 3.29. The SMILES string of the molecule is CCCCN(CC)C(C(=O)O)c1ccccc1C. The number of hydrogen-bond donors (Lipinski definition) is 1. The lowest BCUT2D eigenvalue weighted by Gasteiger charge is -2.28. The number of nitrogens with zero attached hydrogens (tertiary/aromatic N) is 1. The van der Waals surface area contributed by atoms with Crippen LogP contribution in [0, 0.1) is 6.92 Å². The molecule has 1 rings (SSSR count). The Balaban J connectivity index is 3.01. The third-order valence-electron chi connectivity index (χ3n) is 3.29. The summed E-state index contributed by atoms with van der Waals surface area (Å²) >= 11 is 0. The van der Waals surface area contributed by atoms with Crippen molar-refractivity contribution in [3.63, 3.8) is 0 Å². The number of hydrogen-bond acceptors (Lipinski definition) is 2. The molecule has 0 aliphatic rings. The number of carboxylic acids is 1. The van der Waals surface area contributed by atoms with Crippen LogP contribution in [0.2, 0.25) is 0 Å². The summed E-state index contributed by atoms with van der Waals surface area (Å²) in [5.74, 6) is -0.762. The van der Waals surface area contributed by atoms with E-state index in [1.807, 2.05) is 43.0 Å². The molecule has 0 aliphatic heterocycles. The summed E-state index contributed by atoms with van der Waals surface area (Å²) in [4.78, 5) is 13.6. The number of carbonyl (C=O) groups is 1. The summed E-state index contributed by atoms with van der Waals surface area (Å²) < 4.78 is 0. The number of unbranched alkanes of at least 4 members (excludes halogenated alkanes) is 1. The average Bonchev–Trinajstić information content (AvgIpc) is 2.35. The summed E-state index contributed by atoms with van der Waals surface area (Å²) in [6.45, 7) is 7.70. The van der Waals surface area contributed by atoms with E-state index < -0.39 is 12.0 Å². The van der Waals surface area contributed by atoms with E-state index in [4.69, 9.17) is 0 Å². The Kier molecular flexibility index (Phi) is 5.86. The normalized spacial score (nSPS) is 12.7. The second kappa shape index (κ2) is 7.17. The minimum absolute atomic E-state index is 0.525. The van der Waals surface area contributed by atoms with Gasteiger partial charge < -0.3 is 5.11 Å². The fourth-order valence-corrected chi connectivity index (χ4v) is 2.21. The Morgan fingerprint density at radius 2 is 2.00 bits per heavy atom. The van der Waals surface area contributed by atoms with Gasteiger partial charge in [-0.05, 0) is 37.6 Å². The molecule has 3 nitrogen and oxygen atoms in total. The first-order valence-corrected chi connectivity index (χ1v) is 6.64. The van der Waals surface area contributed by atoms with Crippen LogP contribution in [-0.4, -0.2) is 29.1 Å². The molecule has 1 aromatic rings. The smallest absolute Gasteiger partial charge is 0.325 e. The van der Waals surface area contributed by atoms with Crippen LogP contribution in [-0.2, 0) is 4.79 Å². The molecule has 0 spiro atoms. The molecule has 1 atom stereocenters. The number of rotatable bonds is 7. The topological polar surface area (TPSA) is 40.5 Å².